The van der Waals surface area contributed by atoms with Gasteiger partial charge in [-0.15, -0.1) is 0 Å². The fourth-order valence-electron chi connectivity index (χ4n) is 2.99. The summed E-state index contributed by atoms with van der Waals surface area (Å²) in [5.41, 5.74) is 1.35. The van der Waals surface area contributed by atoms with Crippen LogP contribution in [0.2, 0.25) is 5.02 Å². The van der Waals surface area contributed by atoms with E-state index in [0.717, 1.165) is 5.56 Å². The van der Waals surface area contributed by atoms with Crippen LogP contribution in [0.5, 0.6) is 0 Å². The normalized spacial score (nSPS) is 11.5. The number of benzene rings is 2. The zero-order chi connectivity index (χ0) is 22.4. The smallest absolute Gasteiger partial charge is 0.412 e. The van der Waals surface area contributed by atoms with Crippen LogP contribution in [0.15, 0.2) is 65.9 Å². The van der Waals surface area contributed by atoms with Crippen LogP contribution >= 0.6 is 11.6 Å². The zero-order valence-corrected chi connectivity index (χ0v) is 17.5. The molecule has 3 aromatic rings. The number of fused-ring (bicyclic) bond motifs is 1. The molecule has 0 spiro atoms. The van der Waals surface area contributed by atoms with Crippen molar-refractivity contribution in [2.24, 2.45) is 0 Å². The molecule has 0 aliphatic heterocycles. The largest absolute Gasteiger partial charge is 0.416 e. The monoisotopic (exact) mass is 440 g/mol. The van der Waals surface area contributed by atoms with Crippen LogP contribution in [0.1, 0.15) is 35.3 Å². The highest BCUT2D eigenvalue weighted by molar-refractivity contribution is 6.30. The summed E-state index contributed by atoms with van der Waals surface area (Å²) >= 11 is 5.95. The molecule has 0 saturated carbocycles. The first-order valence-corrected chi connectivity index (χ1v) is 9.86. The van der Waals surface area contributed by atoms with E-state index in [1.807, 2.05) is 0 Å². The number of ether oxygens (including phenoxy) is 1. The lowest BCUT2D eigenvalue weighted by molar-refractivity contribution is 0.0952. The number of hydrogen-bond donors (Lipinski definition) is 3. The van der Waals surface area contributed by atoms with Crippen LogP contribution in [-0.4, -0.2) is 28.5 Å². The van der Waals surface area contributed by atoms with Crippen LogP contribution in [-0.2, 0) is 4.74 Å². The first kappa shape index (κ1) is 22.0. The van der Waals surface area contributed by atoms with E-state index in [-0.39, 0.29) is 23.8 Å². The highest BCUT2D eigenvalue weighted by Crippen LogP contribution is 2.20. The number of H-pyrrole nitrogens is 1. The van der Waals surface area contributed by atoms with Crippen LogP contribution < -0.4 is 16.2 Å². The van der Waals surface area contributed by atoms with Crippen molar-refractivity contribution < 1.29 is 14.3 Å². The summed E-state index contributed by atoms with van der Waals surface area (Å²) in [5, 5.41) is 6.56. The Morgan fingerprint density at radius 3 is 2.68 bits per heavy atom. The number of halogens is 1. The van der Waals surface area contributed by atoms with E-state index < -0.39 is 12.1 Å². The number of alkyl carbamates (subject to hydrolysis) is 1. The van der Waals surface area contributed by atoms with Gasteiger partial charge in [-0.05, 0) is 49.2 Å². The predicted octanol–water partition coefficient (Wildman–Crippen LogP) is 3.70. The van der Waals surface area contributed by atoms with Crippen LogP contribution in [0.4, 0.5) is 4.79 Å². The van der Waals surface area contributed by atoms with Gasteiger partial charge in [0.2, 0.25) is 0 Å². The number of nitrogens with zero attached hydrogens (tertiary/aromatic N) is 1. The zero-order valence-electron chi connectivity index (χ0n) is 16.8. The number of aromatic amines is 1. The van der Waals surface area contributed by atoms with Crippen molar-refractivity contribution >= 4 is 34.5 Å². The Morgan fingerprint density at radius 1 is 1.23 bits per heavy atom. The maximum Gasteiger partial charge on any atom is 0.412 e. The summed E-state index contributed by atoms with van der Waals surface area (Å²) in [6.07, 6.45) is 1.06. The molecule has 31 heavy (non-hydrogen) atoms. The third-order valence-corrected chi connectivity index (χ3v) is 4.71. The quantitative estimate of drug-likeness (QED) is 0.485. The molecule has 1 unspecified atom stereocenters. The highest BCUT2D eigenvalue weighted by atomic mass is 35.5. The van der Waals surface area contributed by atoms with Gasteiger partial charge in [-0.3, -0.25) is 9.59 Å². The maximum absolute atomic E-state index is 12.5. The number of carbonyl (C=O) groups excluding carboxylic acids is 2. The van der Waals surface area contributed by atoms with Crippen molar-refractivity contribution in [3.05, 3.63) is 87.6 Å². The summed E-state index contributed by atoms with van der Waals surface area (Å²) < 4.78 is 4.98. The highest BCUT2D eigenvalue weighted by Gasteiger charge is 2.17. The number of rotatable bonds is 7. The fourth-order valence-corrected chi connectivity index (χ4v) is 3.12. The fraction of sp³-hybridized carbons (Fsp3) is 0.182. The third-order valence-electron chi connectivity index (χ3n) is 4.45. The summed E-state index contributed by atoms with van der Waals surface area (Å²) in [5.74, 6) is -0.0484. The standard InChI is InChI=1S/C22H21ClN4O4/c1-13(2)31-22(30)27-18(14-3-6-16(23)7-4-14)9-10-24-20(28)15-5-8-17-19(11-15)25-12-26-21(17)29/h3-8,11-12,18H,1,9-10H2,2H3,(H,24,28)(H,27,30)(H,25,26,29). The molecule has 3 rings (SSSR count). The third kappa shape index (κ3) is 5.93. The molecule has 0 aliphatic rings. The molecular weight excluding hydrogens is 420 g/mol. The molecule has 0 bridgehead atoms. The Balaban J connectivity index is 1.67. The second-order valence-corrected chi connectivity index (χ2v) is 7.28. The number of amides is 2. The molecule has 2 amide bonds. The molecule has 1 aromatic heterocycles. The molecule has 0 saturated heterocycles. The van der Waals surface area contributed by atoms with Gasteiger partial charge in [-0.25, -0.2) is 9.78 Å². The van der Waals surface area contributed by atoms with Crippen LogP contribution in [0.3, 0.4) is 0 Å². The van der Waals surface area contributed by atoms with E-state index >= 15 is 0 Å². The molecule has 9 heteroatoms. The van der Waals surface area contributed by atoms with Crippen molar-refractivity contribution in [1.82, 2.24) is 20.6 Å². The Kier molecular flexibility index (Phi) is 7.04. The number of aromatic nitrogens is 2. The Hall–Kier alpha value is -3.65. The predicted molar refractivity (Wildman–Crippen MR) is 118 cm³/mol. The summed E-state index contributed by atoms with van der Waals surface area (Å²) in [4.78, 5) is 42.9. The topological polar surface area (TPSA) is 113 Å². The van der Waals surface area contributed by atoms with Gasteiger partial charge in [0.05, 0.1) is 29.0 Å². The first-order valence-electron chi connectivity index (χ1n) is 9.48. The van der Waals surface area contributed by atoms with Crippen LogP contribution in [0, 0.1) is 0 Å². The van der Waals surface area contributed by atoms with Crippen LogP contribution in [0.25, 0.3) is 10.9 Å². The van der Waals surface area contributed by atoms with Gasteiger partial charge in [0.1, 0.15) is 0 Å². The van der Waals surface area contributed by atoms with Crippen molar-refractivity contribution in [2.75, 3.05) is 6.54 Å². The van der Waals surface area contributed by atoms with E-state index in [1.54, 1.807) is 49.4 Å². The van der Waals surface area contributed by atoms with Crippen molar-refractivity contribution in [2.45, 2.75) is 19.4 Å². The molecular formula is C22H21ClN4O4. The van der Waals surface area contributed by atoms with Gasteiger partial charge >= 0.3 is 6.09 Å². The SMILES string of the molecule is C=C(C)OC(=O)NC(CCNC(=O)c1ccc2c(=O)[nH]cnc2c1)c1ccc(Cl)cc1. The average molecular weight is 441 g/mol. The Morgan fingerprint density at radius 2 is 1.97 bits per heavy atom. The molecule has 8 nitrogen and oxygen atoms in total. The average Bonchev–Trinajstić information content (AvgIpc) is 2.73. The van der Waals surface area contributed by atoms with E-state index in [4.69, 9.17) is 16.3 Å². The molecule has 2 aromatic carbocycles. The molecule has 1 heterocycles. The minimum atomic E-state index is -0.635. The minimum absolute atomic E-state index is 0.268. The van der Waals surface area contributed by atoms with Crippen molar-refractivity contribution in [1.29, 1.82) is 0 Å². The molecule has 0 fully saturated rings. The second kappa shape index (κ2) is 9.90. The Bertz CT molecular complexity index is 1170. The summed E-state index contributed by atoms with van der Waals surface area (Å²) in [7, 11) is 0. The minimum Gasteiger partial charge on any atom is -0.416 e. The van der Waals surface area contributed by atoms with E-state index in [0.29, 0.717) is 27.9 Å². The lowest BCUT2D eigenvalue weighted by Gasteiger charge is -2.19. The van der Waals surface area contributed by atoms with E-state index in [2.05, 4.69) is 27.2 Å². The molecule has 0 aliphatic carbocycles. The molecule has 3 N–H and O–H groups in total. The van der Waals surface area contributed by atoms with Crippen molar-refractivity contribution in [3.63, 3.8) is 0 Å². The number of nitrogens with one attached hydrogen (secondary N) is 3. The van der Waals surface area contributed by atoms with Gasteiger partial charge in [-0.2, -0.15) is 0 Å². The van der Waals surface area contributed by atoms with Gasteiger partial charge in [0, 0.05) is 17.1 Å². The van der Waals surface area contributed by atoms with E-state index in [1.165, 1.54) is 6.33 Å². The summed E-state index contributed by atoms with van der Waals surface area (Å²) in [6, 6.07) is 11.3. The van der Waals surface area contributed by atoms with Gasteiger partial charge in [-0.1, -0.05) is 30.3 Å². The number of hydrogen-bond acceptors (Lipinski definition) is 5. The number of allylic oxidation sites excluding steroid dienone is 1. The van der Waals surface area contributed by atoms with E-state index in [9.17, 15) is 14.4 Å². The van der Waals surface area contributed by atoms with Gasteiger partial charge < -0.3 is 20.4 Å². The Labute approximate surface area is 183 Å². The lowest BCUT2D eigenvalue weighted by Crippen LogP contribution is -2.33. The first-order chi connectivity index (χ1) is 14.8. The maximum atomic E-state index is 12.5. The molecule has 1 atom stereocenters. The molecule has 160 valence electrons. The molecule has 0 radical (unpaired) electrons. The van der Waals surface area contributed by atoms with Crippen molar-refractivity contribution in [3.8, 4) is 0 Å². The second-order valence-electron chi connectivity index (χ2n) is 6.85. The van der Waals surface area contributed by atoms with Gasteiger partial charge in [0.25, 0.3) is 11.5 Å². The van der Waals surface area contributed by atoms with Gasteiger partial charge in [0.15, 0.2) is 0 Å². The summed E-state index contributed by atoms with van der Waals surface area (Å²) in [6.45, 7) is 5.40. The lowest BCUT2D eigenvalue weighted by atomic mass is 10.0. The number of carbonyl (C=O) groups is 2.